The van der Waals surface area contributed by atoms with Crippen LogP contribution in [0.15, 0.2) is 54.2 Å². The van der Waals surface area contributed by atoms with Gasteiger partial charge in [-0.2, -0.15) is 5.26 Å². The summed E-state index contributed by atoms with van der Waals surface area (Å²) >= 11 is 2.22. The van der Waals surface area contributed by atoms with Crippen molar-refractivity contribution in [1.82, 2.24) is 0 Å². The van der Waals surface area contributed by atoms with Crippen LogP contribution in [0.1, 0.15) is 18.1 Å². The van der Waals surface area contributed by atoms with Crippen LogP contribution in [0, 0.1) is 21.8 Å². The molecule has 0 aliphatic carbocycles. The molecule has 0 saturated carbocycles. The third kappa shape index (κ3) is 4.59. The first-order valence-electron chi connectivity index (χ1n) is 7.57. The molecule has 0 atom stereocenters. The first-order valence-corrected chi connectivity index (χ1v) is 8.65. The molecule has 0 aliphatic heterocycles. The molecule has 2 aromatic carbocycles. The number of nitrogens with one attached hydrogen (secondary N) is 2. The van der Waals surface area contributed by atoms with Crippen molar-refractivity contribution in [3.05, 3.63) is 68.9 Å². The van der Waals surface area contributed by atoms with Crippen LogP contribution in [0.4, 0.5) is 11.4 Å². The van der Waals surface area contributed by atoms with Crippen molar-refractivity contribution in [3.63, 3.8) is 0 Å². The van der Waals surface area contributed by atoms with E-state index < -0.39 is 5.91 Å². The third-order valence-electron chi connectivity index (χ3n) is 3.57. The summed E-state index contributed by atoms with van der Waals surface area (Å²) in [5.74, 6) is -0.417. The molecule has 0 aliphatic rings. The van der Waals surface area contributed by atoms with E-state index in [-0.39, 0.29) is 5.57 Å². The lowest BCUT2D eigenvalue weighted by molar-refractivity contribution is -0.112. The van der Waals surface area contributed by atoms with E-state index in [0.717, 1.165) is 32.5 Å². The zero-order valence-corrected chi connectivity index (χ0v) is 15.7. The molecular weight excluding hydrogens is 413 g/mol. The lowest BCUT2D eigenvalue weighted by atomic mass is 10.1. The number of halogens is 1. The summed E-state index contributed by atoms with van der Waals surface area (Å²) < 4.78 is 1.12. The molecule has 5 heteroatoms. The van der Waals surface area contributed by atoms with Crippen molar-refractivity contribution in [2.45, 2.75) is 20.3 Å². The van der Waals surface area contributed by atoms with Gasteiger partial charge in [0, 0.05) is 21.1 Å². The summed E-state index contributed by atoms with van der Waals surface area (Å²) in [5.41, 5.74) is 3.65. The number of hydrogen-bond acceptors (Lipinski definition) is 3. The van der Waals surface area contributed by atoms with Gasteiger partial charge in [0.1, 0.15) is 11.6 Å². The molecule has 2 rings (SSSR count). The van der Waals surface area contributed by atoms with Crippen LogP contribution in [0.2, 0.25) is 0 Å². The van der Waals surface area contributed by atoms with E-state index in [1.165, 1.54) is 6.20 Å². The number of rotatable bonds is 5. The summed E-state index contributed by atoms with van der Waals surface area (Å²) in [4.78, 5) is 12.4. The minimum absolute atomic E-state index is 0.0267. The largest absolute Gasteiger partial charge is 0.360 e. The predicted molar refractivity (Wildman–Crippen MR) is 106 cm³/mol. The first kappa shape index (κ1) is 18.0. The van der Waals surface area contributed by atoms with Crippen LogP contribution in [-0.2, 0) is 11.2 Å². The van der Waals surface area contributed by atoms with Gasteiger partial charge >= 0.3 is 0 Å². The number of benzene rings is 2. The zero-order chi connectivity index (χ0) is 17.5. The molecular formula is C19H18IN3O. The van der Waals surface area contributed by atoms with Gasteiger partial charge in [0.2, 0.25) is 0 Å². The van der Waals surface area contributed by atoms with Gasteiger partial charge in [0.15, 0.2) is 0 Å². The van der Waals surface area contributed by atoms with E-state index in [1.54, 1.807) is 0 Å². The molecule has 0 spiro atoms. The number of carbonyl (C=O) groups is 1. The lowest BCUT2D eigenvalue weighted by Crippen LogP contribution is -2.16. The lowest BCUT2D eigenvalue weighted by Gasteiger charge is -2.12. The highest BCUT2D eigenvalue weighted by molar-refractivity contribution is 14.1. The average Bonchev–Trinajstić information content (AvgIpc) is 2.58. The molecule has 0 saturated heterocycles. The van der Waals surface area contributed by atoms with Crippen LogP contribution in [0.3, 0.4) is 0 Å². The van der Waals surface area contributed by atoms with Crippen LogP contribution in [0.25, 0.3) is 0 Å². The van der Waals surface area contributed by atoms with Crippen LogP contribution >= 0.6 is 22.6 Å². The highest BCUT2D eigenvalue weighted by Crippen LogP contribution is 2.21. The Morgan fingerprint density at radius 3 is 2.58 bits per heavy atom. The number of para-hydroxylation sites is 1. The Morgan fingerprint density at radius 1 is 1.25 bits per heavy atom. The van der Waals surface area contributed by atoms with Gasteiger partial charge in [-0.1, -0.05) is 25.1 Å². The van der Waals surface area contributed by atoms with Crippen molar-refractivity contribution in [3.8, 4) is 6.07 Å². The van der Waals surface area contributed by atoms with Gasteiger partial charge in [0.05, 0.1) is 0 Å². The Labute approximate surface area is 155 Å². The summed E-state index contributed by atoms with van der Waals surface area (Å²) in [6, 6.07) is 15.5. The molecule has 24 heavy (non-hydrogen) atoms. The molecule has 2 N–H and O–H groups in total. The van der Waals surface area contributed by atoms with Crippen molar-refractivity contribution in [2.24, 2.45) is 0 Å². The van der Waals surface area contributed by atoms with Crippen molar-refractivity contribution in [2.75, 3.05) is 10.6 Å². The topological polar surface area (TPSA) is 64.9 Å². The van der Waals surface area contributed by atoms with Gasteiger partial charge in [-0.15, -0.1) is 0 Å². The monoisotopic (exact) mass is 431 g/mol. The maximum atomic E-state index is 12.4. The number of anilines is 2. The van der Waals surface area contributed by atoms with Crippen LogP contribution < -0.4 is 10.6 Å². The maximum Gasteiger partial charge on any atom is 0.267 e. The predicted octanol–water partition coefficient (Wildman–Crippen LogP) is 4.62. The standard InChI is InChI=1S/C19H18IN3O/c1-3-14-6-4-5-13(2)18(14)23-19(24)15(11-21)12-22-17-9-7-16(20)8-10-17/h4-10,12,22H,3H2,1-2H3,(H,23,24)/b15-12-. The molecule has 0 heterocycles. The molecule has 0 aromatic heterocycles. The summed E-state index contributed by atoms with van der Waals surface area (Å²) in [6.45, 7) is 3.97. The molecule has 4 nitrogen and oxygen atoms in total. The summed E-state index contributed by atoms with van der Waals surface area (Å²) in [5, 5.41) is 15.1. The maximum absolute atomic E-state index is 12.4. The number of nitrogens with zero attached hydrogens (tertiary/aromatic N) is 1. The van der Waals surface area contributed by atoms with Crippen molar-refractivity contribution in [1.29, 1.82) is 5.26 Å². The molecule has 122 valence electrons. The zero-order valence-electron chi connectivity index (χ0n) is 13.6. The highest BCUT2D eigenvalue weighted by Gasteiger charge is 2.12. The fourth-order valence-electron chi connectivity index (χ4n) is 2.23. The SMILES string of the molecule is CCc1cccc(C)c1NC(=O)/C(C#N)=C\Nc1ccc(I)cc1. The fourth-order valence-corrected chi connectivity index (χ4v) is 2.59. The minimum atomic E-state index is -0.417. The Hall–Kier alpha value is -2.33. The molecule has 0 unspecified atom stereocenters. The van der Waals surface area contributed by atoms with E-state index >= 15 is 0 Å². The van der Waals surface area contributed by atoms with Gasteiger partial charge in [-0.05, 0) is 71.3 Å². The Balaban J connectivity index is 2.16. The Bertz CT molecular complexity index is 804. The average molecular weight is 431 g/mol. The summed E-state index contributed by atoms with van der Waals surface area (Å²) in [6.07, 6.45) is 2.24. The molecule has 0 radical (unpaired) electrons. The van der Waals surface area contributed by atoms with Crippen molar-refractivity contribution < 1.29 is 4.79 Å². The van der Waals surface area contributed by atoms with Gasteiger partial charge in [-0.3, -0.25) is 4.79 Å². The van der Waals surface area contributed by atoms with Gasteiger partial charge in [0.25, 0.3) is 5.91 Å². The second-order valence-electron chi connectivity index (χ2n) is 5.24. The van der Waals surface area contributed by atoms with Crippen molar-refractivity contribution >= 4 is 39.9 Å². The second-order valence-corrected chi connectivity index (χ2v) is 6.48. The number of aryl methyl sites for hydroxylation is 2. The highest BCUT2D eigenvalue weighted by atomic mass is 127. The summed E-state index contributed by atoms with van der Waals surface area (Å²) in [7, 11) is 0. The fraction of sp³-hybridized carbons (Fsp3) is 0.158. The quantitative estimate of drug-likeness (QED) is 0.413. The smallest absolute Gasteiger partial charge is 0.267 e. The van der Waals surface area contributed by atoms with E-state index in [0.29, 0.717) is 0 Å². The van der Waals surface area contributed by atoms with E-state index in [9.17, 15) is 10.1 Å². The van der Waals surface area contributed by atoms with E-state index in [4.69, 9.17) is 0 Å². The number of amides is 1. The Morgan fingerprint density at radius 2 is 1.96 bits per heavy atom. The molecule has 2 aromatic rings. The molecule has 0 bridgehead atoms. The number of carbonyl (C=O) groups excluding carboxylic acids is 1. The first-order chi connectivity index (χ1) is 11.5. The third-order valence-corrected chi connectivity index (χ3v) is 4.29. The van der Waals surface area contributed by atoms with Crippen LogP contribution in [0.5, 0.6) is 0 Å². The molecule has 0 fully saturated rings. The van der Waals surface area contributed by atoms with E-state index in [1.807, 2.05) is 62.4 Å². The number of nitriles is 1. The van der Waals surface area contributed by atoms with Gasteiger partial charge in [-0.25, -0.2) is 0 Å². The second kappa shape index (κ2) is 8.50. The number of hydrogen-bond donors (Lipinski definition) is 2. The molecule has 1 amide bonds. The van der Waals surface area contributed by atoms with Gasteiger partial charge < -0.3 is 10.6 Å². The Kier molecular flexibility index (Phi) is 6.38. The van der Waals surface area contributed by atoms with E-state index in [2.05, 4.69) is 33.2 Å². The minimum Gasteiger partial charge on any atom is -0.360 e. The van der Waals surface area contributed by atoms with Crippen LogP contribution in [-0.4, -0.2) is 5.91 Å². The normalized spacial score (nSPS) is 10.8.